The highest BCUT2D eigenvalue weighted by Gasteiger charge is 2.32. The number of hydrogen-bond acceptors (Lipinski definition) is 2. The second-order valence-electron chi connectivity index (χ2n) is 3.29. The van der Waals surface area contributed by atoms with E-state index >= 15 is 0 Å². The molecular weight excluding hydrogens is 255 g/mol. The fraction of sp³-hybridized carbons (Fsp3) is 0.200. The van der Waals surface area contributed by atoms with Gasteiger partial charge in [0.1, 0.15) is 0 Å². The van der Waals surface area contributed by atoms with E-state index in [-0.39, 0.29) is 5.88 Å². The molecule has 0 saturated heterocycles. The van der Waals surface area contributed by atoms with Crippen molar-refractivity contribution in [3.63, 3.8) is 0 Å². The highest BCUT2D eigenvalue weighted by atomic mass is 35.5. The standard InChI is InChI=1S/C10H7ClF3N3/c11-4-8-2-1-3-9(16-8)17-6-7(5-15-17)10(12,13)14/h1-3,5-6H,4H2. The summed E-state index contributed by atoms with van der Waals surface area (Å²) in [7, 11) is 0. The van der Waals surface area contributed by atoms with Crippen LogP contribution in [0.25, 0.3) is 5.82 Å². The number of alkyl halides is 4. The van der Waals surface area contributed by atoms with Gasteiger partial charge < -0.3 is 0 Å². The smallest absolute Gasteiger partial charge is 0.232 e. The summed E-state index contributed by atoms with van der Waals surface area (Å²) in [6.45, 7) is 0. The monoisotopic (exact) mass is 261 g/mol. The Morgan fingerprint density at radius 3 is 2.65 bits per heavy atom. The molecule has 0 aliphatic heterocycles. The van der Waals surface area contributed by atoms with Crippen LogP contribution in [0.5, 0.6) is 0 Å². The molecule has 90 valence electrons. The summed E-state index contributed by atoms with van der Waals surface area (Å²) in [5, 5.41) is 3.62. The molecule has 0 aliphatic carbocycles. The predicted molar refractivity (Wildman–Crippen MR) is 55.9 cm³/mol. The molecule has 0 N–H and O–H groups in total. The fourth-order valence-corrected chi connectivity index (χ4v) is 1.41. The molecule has 2 rings (SSSR count). The van der Waals surface area contributed by atoms with E-state index in [2.05, 4.69) is 10.1 Å². The van der Waals surface area contributed by atoms with Gasteiger partial charge in [-0.3, -0.25) is 0 Å². The number of aromatic nitrogens is 3. The van der Waals surface area contributed by atoms with Crippen molar-refractivity contribution in [1.82, 2.24) is 14.8 Å². The molecule has 17 heavy (non-hydrogen) atoms. The number of halogens is 4. The lowest BCUT2D eigenvalue weighted by Gasteiger charge is -2.02. The van der Waals surface area contributed by atoms with Crippen LogP contribution in [0.15, 0.2) is 30.6 Å². The molecule has 0 saturated carbocycles. The van der Waals surface area contributed by atoms with Crippen molar-refractivity contribution in [2.75, 3.05) is 0 Å². The van der Waals surface area contributed by atoms with Gasteiger partial charge in [-0.25, -0.2) is 9.67 Å². The molecule has 0 aromatic carbocycles. The zero-order chi connectivity index (χ0) is 12.5. The van der Waals surface area contributed by atoms with Crippen LogP contribution >= 0.6 is 11.6 Å². The van der Waals surface area contributed by atoms with E-state index < -0.39 is 11.7 Å². The average Bonchev–Trinajstić information content (AvgIpc) is 2.78. The van der Waals surface area contributed by atoms with Crippen molar-refractivity contribution in [2.24, 2.45) is 0 Å². The Morgan fingerprint density at radius 1 is 1.29 bits per heavy atom. The van der Waals surface area contributed by atoms with Gasteiger partial charge in [-0.15, -0.1) is 11.6 Å². The first kappa shape index (κ1) is 11.9. The lowest BCUT2D eigenvalue weighted by molar-refractivity contribution is -0.137. The van der Waals surface area contributed by atoms with Crippen molar-refractivity contribution in [3.8, 4) is 5.82 Å². The summed E-state index contributed by atoms with van der Waals surface area (Å²) in [4.78, 5) is 4.06. The molecule has 0 radical (unpaired) electrons. The van der Waals surface area contributed by atoms with Crippen molar-refractivity contribution < 1.29 is 13.2 Å². The molecule has 0 aliphatic rings. The minimum Gasteiger partial charge on any atom is -0.232 e. The third-order valence-corrected chi connectivity index (χ3v) is 2.35. The van der Waals surface area contributed by atoms with Crippen molar-refractivity contribution in [2.45, 2.75) is 12.1 Å². The first-order chi connectivity index (χ1) is 8.00. The summed E-state index contributed by atoms with van der Waals surface area (Å²) < 4.78 is 38.2. The van der Waals surface area contributed by atoms with Gasteiger partial charge in [0.25, 0.3) is 0 Å². The van der Waals surface area contributed by atoms with Crippen LogP contribution < -0.4 is 0 Å². The van der Waals surface area contributed by atoms with Gasteiger partial charge in [0.2, 0.25) is 0 Å². The van der Waals surface area contributed by atoms with Crippen LogP contribution in [0, 0.1) is 0 Å². The van der Waals surface area contributed by atoms with Gasteiger partial charge in [0, 0.05) is 6.20 Å². The summed E-state index contributed by atoms with van der Waals surface area (Å²) in [6, 6.07) is 4.91. The number of rotatable bonds is 2. The minimum atomic E-state index is -4.40. The lowest BCUT2D eigenvalue weighted by Crippen LogP contribution is -2.03. The van der Waals surface area contributed by atoms with E-state index in [9.17, 15) is 13.2 Å². The van der Waals surface area contributed by atoms with Crippen LogP contribution in [0.4, 0.5) is 13.2 Å². The van der Waals surface area contributed by atoms with E-state index in [1.54, 1.807) is 18.2 Å². The molecule has 2 aromatic heterocycles. The van der Waals surface area contributed by atoms with Crippen LogP contribution in [0.1, 0.15) is 11.3 Å². The van der Waals surface area contributed by atoms with Crippen LogP contribution in [-0.4, -0.2) is 14.8 Å². The second-order valence-corrected chi connectivity index (χ2v) is 3.56. The molecule has 0 amide bonds. The molecule has 0 spiro atoms. The van der Waals surface area contributed by atoms with Gasteiger partial charge in [-0.1, -0.05) is 6.07 Å². The molecule has 0 unspecified atom stereocenters. The largest absolute Gasteiger partial charge is 0.419 e. The molecule has 0 atom stereocenters. The number of pyridine rings is 1. The SMILES string of the molecule is FC(F)(F)c1cnn(-c2cccc(CCl)n2)c1. The van der Waals surface area contributed by atoms with Crippen molar-refractivity contribution >= 4 is 11.6 Å². The van der Waals surface area contributed by atoms with Crippen molar-refractivity contribution in [3.05, 3.63) is 41.9 Å². The Kier molecular flexibility index (Phi) is 3.06. The van der Waals surface area contributed by atoms with E-state index in [1.165, 1.54) is 0 Å². The van der Waals surface area contributed by atoms with Crippen molar-refractivity contribution in [1.29, 1.82) is 0 Å². The Bertz CT molecular complexity index is 522. The van der Waals surface area contributed by atoms with Gasteiger partial charge >= 0.3 is 6.18 Å². The molecule has 0 fully saturated rings. The lowest BCUT2D eigenvalue weighted by atomic mass is 10.3. The second kappa shape index (κ2) is 4.37. The molecule has 2 heterocycles. The summed E-state index contributed by atoms with van der Waals surface area (Å²) in [5.74, 6) is 0.500. The zero-order valence-electron chi connectivity index (χ0n) is 8.45. The third-order valence-electron chi connectivity index (χ3n) is 2.07. The summed E-state index contributed by atoms with van der Waals surface area (Å²) in [5.41, 5.74) is -0.233. The highest BCUT2D eigenvalue weighted by Crippen LogP contribution is 2.28. The van der Waals surface area contributed by atoms with Gasteiger partial charge in [-0.2, -0.15) is 18.3 Å². The van der Waals surface area contributed by atoms with E-state index in [0.29, 0.717) is 11.5 Å². The van der Waals surface area contributed by atoms with E-state index in [0.717, 1.165) is 17.1 Å². The molecule has 3 nitrogen and oxygen atoms in total. The fourth-order valence-electron chi connectivity index (χ4n) is 1.26. The third kappa shape index (κ3) is 2.58. The average molecular weight is 262 g/mol. The zero-order valence-corrected chi connectivity index (χ0v) is 9.20. The van der Waals surface area contributed by atoms with E-state index in [4.69, 9.17) is 11.6 Å². The van der Waals surface area contributed by atoms with Crippen LogP contribution in [0.3, 0.4) is 0 Å². The normalized spacial score (nSPS) is 11.8. The minimum absolute atomic E-state index is 0.196. The Hall–Kier alpha value is -1.56. The molecule has 2 aromatic rings. The maximum Gasteiger partial charge on any atom is 0.419 e. The predicted octanol–water partition coefficient (Wildman–Crippen LogP) is 3.02. The molecular formula is C10H7ClF3N3. The topological polar surface area (TPSA) is 30.7 Å². The molecule has 7 heteroatoms. The van der Waals surface area contributed by atoms with Gasteiger partial charge in [0.05, 0.1) is 23.3 Å². The number of nitrogens with zero attached hydrogens (tertiary/aromatic N) is 3. The Labute approximate surface area is 99.8 Å². The maximum atomic E-state index is 12.4. The Morgan fingerprint density at radius 2 is 2.06 bits per heavy atom. The van der Waals surface area contributed by atoms with E-state index in [1.807, 2.05) is 0 Å². The number of hydrogen-bond donors (Lipinski definition) is 0. The van der Waals surface area contributed by atoms with Gasteiger partial charge in [-0.05, 0) is 12.1 Å². The first-order valence-corrected chi connectivity index (χ1v) is 5.18. The Balaban J connectivity index is 2.37. The summed E-state index contributed by atoms with van der Waals surface area (Å²) >= 11 is 5.59. The quantitative estimate of drug-likeness (QED) is 0.778. The maximum absolute atomic E-state index is 12.4. The molecule has 0 bridgehead atoms. The van der Waals surface area contributed by atoms with Crippen LogP contribution in [0.2, 0.25) is 0 Å². The van der Waals surface area contributed by atoms with Gasteiger partial charge in [0.15, 0.2) is 5.82 Å². The first-order valence-electron chi connectivity index (χ1n) is 4.65. The van der Waals surface area contributed by atoms with Crippen LogP contribution in [-0.2, 0) is 12.1 Å². The summed E-state index contributed by atoms with van der Waals surface area (Å²) in [6.07, 6.45) is -2.75. The highest BCUT2D eigenvalue weighted by molar-refractivity contribution is 6.16.